The summed E-state index contributed by atoms with van der Waals surface area (Å²) in [4.78, 5) is 5.44. The third kappa shape index (κ3) is 7.69. The van der Waals surface area contributed by atoms with Crippen molar-refractivity contribution in [2.45, 2.75) is 49.3 Å². The molecule has 0 aliphatic carbocycles. The molecule has 0 fully saturated rings. The van der Waals surface area contributed by atoms with Gasteiger partial charge in [-0.1, -0.05) is 37.8 Å². The number of rotatable bonds is 11. The average molecular weight is 369 g/mol. The summed E-state index contributed by atoms with van der Waals surface area (Å²) in [6.07, 6.45) is 11.2. The first-order valence-corrected chi connectivity index (χ1v) is 10.6. The van der Waals surface area contributed by atoms with Crippen molar-refractivity contribution in [3.63, 3.8) is 0 Å². The van der Waals surface area contributed by atoms with Crippen molar-refractivity contribution in [1.82, 2.24) is 9.55 Å². The van der Waals surface area contributed by atoms with Crippen molar-refractivity contribution in [3.05, 3.63) is 48.0 Å². The van der Waals surface area contributed by atoms with Gasteiger partial charge in [-0.2, -0.15) is 11.8 Å². The van der Waals surface area contributed by atoms with Gasteiger partial charge in [0.1, 0.15) is 0 Å². The maximum Gasteiger partial charge on any atom is 0.0946 e. The summed E-state index contributed by atoms with van der Waals surface area (Å²) in [5.74, 6) is 2.43. The molecule has 0 amide bonds. The summed E-state index contributed by atoms with van der Waals surface area (Å²) >= 11 is 9.99. The molecule has 1 heterocycles. The van der Waals surface area contributed by atoms with Crippen LogP contribution in [0.25, 0.3) is 0 Å². The highest BCUT2D eigenvalue weighted by Gasteiger charge is 2.12. The van der Waals surface area contributed by atoms with E-state index in [-0.39, 0.29) is 0 Å². The number of aromatic nitrogens is 2. The van der Waals surface area contributed by atoms with Crippen molar-refractivity contribution >= 4 is 35.1 Å². The Labute approximate surface area is 153 Å². The molecule has 23 heavy (non-hydrogen) atoms. The minimum Gasteiger partial charge on any atom is -0.336 e. The molecule has 0 saturated heterocycles. The smallest absolute Gasteiger partial charge is 0.0946 e. The molecule has 0 bridgehead atoms. The van der Waals surface area contributed by atoms with Crippen LogP contribution < -0.4 is 0 Å². The summed E-state index contributed by atoms with van der Waals surface area (Å²) in [7, 11) is 0. The fourth-order valence-corrected chi connectivity index (χ4v) is 4.86. The second-order valence-electron chi connectivity index (χ2n) is 5.59. The number of hydrogen-bond donors (Lipinski definition) is 0. The minimum absolute atomic E-state index is 0.543. The molecule has 0 saturated carbocycles. The topological polar surface area (TPSA) is 17.8 Å². The normalized spacial score (nSPS) is 12.4. The number of unbranched alkanes of at least 4 members (excludes halogenated alkanes) is 3. The molecule has 2 rings (SSSR count). The standard InChI is InChI=1S/C18H25ClN2S2/c1-2-3-4-5-12-22-14-18(13-21-11-10-20-15-21)23-17-8-6-16(19)7-9-17/h6-11,15,18H,2-5,12-14H2,1H3. The zero-order valence-corrected chi connectivity index (χ0v) is 16.0. The van der Waals surface area contributed by atoms with E-state index in [0.717, 1.165) is 17.3 Å². The van der Waals surface area contributed by atoms with Gasteiger partial charge in [-0.15, -0.1) is 11.8 Å². The van der Waals surface area contributed by atoms with E-state index in [1.165, 1.54) is 36.3 Å². The summed E-state index contributed by atoms with van der Waals surface area (Å²) in [6, 6.07) is 8.16. The van der Waals surface area contributed by atoms with E-state index in [9.17, 15) is 0 Å². The number of hydrogen-bond acceptors (Lipinski definition) is 3. The van der Waals surface area contributed by atoms with Crippen LogP contribution in [0.1, 0.15) is 32.6 Å². The molecule has 126 valence electrons. The molecule has 0 spiro atoms. The fourth-order valence-electron chi connectivity index (χ4n) is 2.31. The van der Waals surface area contributed by atoms with E-state index in [0.29, 0.717) is 5.25 Å². The lowest BCUT2D eigenvalue weighted by atomic mass is 10.2. The van der Waals surface area contributed by atoms with E-state index in [4.69, 9.17) is 11.6 Å². The van der Waals surface area contributed by atoms with Crippen LogP contribution in [0.2, 0.25) is 5.02 Å². The van der Waals surface area contributed by atoms with Crippen LogP contribution in [0.15, 0.2) is 47.9 Å². The summed E-state index contributed by atoms with van der Waals surface area (Å²) < 4.78 is 2.17. The van der Waals surface area contributed by atoms with Crippen molar-refractivity contribution in [2.24, 2.45) is 0 Å². The molecule has 0 aliphatic heterocycles. The molecule has 0 aliphatic rings. The van der Waals surface area contributed by atoms with Gasteiger partial charge in [-0.05, 0) is 36.4 Å². The molecule has 1 atom stereocenters. The minimum atomic E-state index is 0.543. The Morgan fingerprint density at radius 1 is 1.17 bits per heavy atom. The molecule has 0 N–H and O–H groups in total. The highest BCUT2D eigenvalue weighted by molar-refractivity contribution is 8.03. The number of benzene rings is 1. The summed E-state index contributed by atoms with van der Waals surface area (Å²) in [6.45, 7) is 3.26. The van der Waals surface area contributed by atoms with Crippen molar-refractivity contribution < 1.29 is 0 Å². The lowest BCUT2D eigenvalue weighted by Crippen LogP contribution is -2.15. The molecule has 2 aromatic rings. The predicted molar refractivity (Wildman–Crippen MR) is 105 cm³/mol. The van der Waals surface area contributed by atoms with Crippen LogP contribution in [0.5, 0.6) is 0 Å². The van der Waals surface area contributed by atoms with E-state index >= 15 is 0 Å². The maximum absolute atomic E-state index is 5.98. The quantitative estimate of drug-likeness (QED) is 0.357. The second kappa shape index (κ2) is 11.1. The predicted octanol–water partition coefficient (Wildman–Crippen LogP) is 6.01. The molecule has 1 unspecified atom stereocenters. The van der Waals surface area contributed by atoms with Gasteiger partial charge in [0.2, 0.25) is 0 Å². The van der Waals surface area contributed by atoms with Crippen LogP contribution in [0.3, 0.4) is 0 Å². The van der Waals surface area contributed by atoms with E-state index in [1.807, 2.05) is 42.6 Å². The van der Waals surface area contributed by atoms with Crippen molar-refractivity contribution in [1.29, 1.82) is 0 Å². The Morgan fingerprint density at radius 2 is 2.00 bits per heavy atom. The number of halogens is 1. The van der Waals surface area contributed by atoms with Gasteiger partial charge in [-0.3, -0.25) is 0 Å². The fraction of sp³-hybridized carbons (Fsp3) is 0.500. The average Bonchev–Trinajstić information content (AvgIpc) is 3.06. The highest BCUT2D eigenvalue weighted by Crippen LogP contribution is 2.28. The Balaban J connectivity index is 1.82. The van der Waals surface area contributed by atoms with Gasteiger partial charge in [0, 0.05) is 39.9 Å². The van der Waals surface area contributed by atoms with Crippen LogP contribution >= 0.6 is 35.1 Å². The van der Waals surface area contributed by atoms with E-state index < -0.39 is 0 Å². The van der Waals surface area contributed by atoms with Gasteiger partial charge in [0.15, 0.2) is 0 Å². The third-order valence-corrected chi connectivity index (χ3v) is 6.41. The van der Waals surface area contributed by atoms with E-state index in [2.05, 4.69) is 40.4 Å². The van der Waals surface area contributed by atoms with E-state index in [1.54, 1.807) is 0 Å². The number of imidazole rings is 1. The SMILES string of the molecule is CCCCCCSCC(Cn1ccnc1)Sc1ccc(Cl)cc1. The molecular weight excluding hydrogens is 344 g/mol. The molecular formula is C18H25ClN2S2. The van der Waals surface area contributed by atoms with Crippen molar-refractivity contribution in [2.75, 3.05) is 11.5 Å². The largest absolute Gasteiger partial charge is 0.336 e. The zero-order chi connectivity index (χ0) is 16.3. The zero-order valence-electron chi connectivity index (χ0n) is 13.7. The first-order valence-electron chi connectivity index (χ1n) is 8.23. The Morgan fingerprint density at radius 3 is 2.70 bits per heavy atom. The molecule has 2 nitrogen and oxygen atoms in total. The van der Waals surface area contributed by atoms with Gasteiger partial charge >= 0.3 is 0 Å². The van der Waals surface area contributed by atoms with Crippen LogP contribution in [0, 0.1) is 0 Å². The molecule has 0 radical (unpaired) electrons. The van der Waals surface area contributed by atoms with Crippen LogP contribution in [-0.2, 0) is 6.54 Å². The van der Waals surface area contributed by atoms with Crippen LogP contribution in [-0.4, -0.2) is 26.3 Å². The maximum atomic E-state index is 5.98. The Bertz CT molecular complexity index is 528. The van der Waals surface area contributed by atoms with Crippen LogP contribution in [0.4, 0.5) is 0 Å². The van der Waals surface area contributed by atoms with Gasteiger partial charge in [0.25, 0.3) is 0 Å². The van der Waals surface area contributed by atoms with Gasteiger partial charge in [-0.25, -0.2) is 4.98 Å². The number of thioether (sulfide) groups is 2. The molecule has 1 aromatic heterocycles. The molecule has 1 aromatic carbocycles. The first-order chi connectivity index (χ1) is 11.3. The first kappa shape index (κ1) is 18.8. The van der Waals surface area contributed by atoms with Crippen molar-refractivity contribution in [3.8, 4) is 0 Å². The summed E-state index contributed by atoms with van der Waals surface area (Å²) in [5.41, 5.74) is 0. The monoisotopic (exact) mass is 368 g/mol. The number of nitrogens with zero attached hydrogens (tertiary/aromatic N) is 2. The Hall–Kier alpha value is -0.580. The molecule has 5 heteroatoms. The van der Waals surface area contributed by atoms with Gasteiger partial charge in [0.05, 0.1) is 6.33 Å². The lowest BCUT2D eigenvalue weighted by Gasteiger charge is -2.17. The Kier molecular flexibility index (Phi) is 9.02. The second-order valence-corrected chi connectivity index (χ2v) is 8.55. The lowest BCUT2D eigenvalue weighted by molar-refractivity contribution is 0.692. The van der Waals surface area contributed by atoms with Gasteiger partial charge < -0.3 is 4.57 Å². The summed E-state index contributed by atoms with van der Waals surface area (Å²) in [5, 5.41) is 1.34. The third-order valence-electron chi connectivity index (χ3n) is 3.54. The highest BCUT2D eigenvalue weighted by atomic mass is 35.5.